The Hall–Kier alpha value is -2.74. The number of carbonyl (C=O) groups excluding carboxylic acids is 2. The number of alkyl halides is 3. The van der Waals surface area contributed by atoms with E-state index in [9.17, 15) is 37.8 Å². The molecule has 3 fully saturated rings. The van der Waals surface area contributed by atoms with Crippen molar-refractivity contribution < 1.29 is 42.5 Å². The van der Waals surface area contributed by atoms with Gasteiger partial charge in [0.15, 0.2) is 5.69 Å². The van der Waals surface area contributed by atoms with E-state index in [-0.39, 0.29) is 37.0 Å². The van der Waals surface area contributed by atoms with Gasteiger partial charge in [-0.3, -0.25) is 9.59 Å². The summed E-state index contributed by atoms with van der Waals surface area (Å²) in [5, 5.41) is 20.9. The second-order valence-electron chi connectivity index (χ2n) is 11.4. The largest absolute Gasteiger partial charge is 0.519 e. The number of piperidine rings is 1. The number of ether oxygens (including phenoxy) is 1. The van der Waals surface area contributed by atoms with Gasteiger partial charge < -0.3 is 30.5 Å². The van der Waals surface area contributed by atoms with Crippen LogP contribution in [0.3, 0.4) is 0 Å². The summed E-state index contributed by atoms with van der Waals surface area (Å²) in [6, 6.07) is 1.25. The summed E-state index contributed by atoms with van der Waals surface area (Å²) in [5.74, 6) is -1.44. The van der Waals surface area contributed by atoms with Crippen molar-refractivity contribution in [3.63, 3.8) is 0 Å². The molecule has 1 aromatic carbocycles. The van der Waals surface area contributed by atoms with Gasteiger partial charge in [0, 0.05) is 31.8 Å². The maximum absolute atomic E-state index is 14.2. The van der Waals surface area contributed by atoms with E-state index >= 15 is 0 Å². The Morgan fingerprint density at radius 3 is 2.50 bits per heavy atom. The second kappa shape index (κ2) is 11.3. The molecule has 222 valence electrons. The molecule has 3 amide bonds. The number of primary amides is 1. The summed E-state index contributed by atoms with van der Waals surface area (Å²) in [6.45, 7) is 3.15. The molecule has 2 aliphatic heterocycles. The minimum absolute atomic E-state index is 0.0572. The highest BCUT2D eigenvalue weighted by atomic mass is 19.4. The Kier molecular flexibility index (Phi) is 8.51. The van der Waals surface area contributed by atoms with Crippen molar-refractivity contribution in [2.24, 2.45) is 11.1 Å². The number of carboxylic acid groups (broad SMARTS) is 1. The lowest BCUT2D eigenvalue weighted by Crippen LogP contribution is -2.62. The van der Waals surface area contributed by atoms with E-state index in [0.29, 0.717) is 25.6 Å². The van der Waals surface area contributed by atoms with Crippen molar-refractivity contribution in [2.75, 3.05) is 46.4 Å². The van der Waals surface area contributed by atoms with Gasteiger partial charge in [-0.1, -0.05) is 0 Å². The van der Waals surface area contributed by atoms with Crippen LogP contribution in [0.25, 0.3) is 0 Å². The summed E-state index contributed by atoms with van der Waals surface area (Å²) in [7, 11) is 1.49. The van der Waals surface area contributed by atoms with Crippen LogP contribution in [0.4, 0.5) is 23.7 Å². The van der Waals surface area contributed by atoms with Gasteiger partial charge >= 0.3 is 12.3 Å². The topological polar surface area (TPSA) is 133 Å². The van der Waals surface area contributed by atoms with Crippen molar-refractivity contribution in [1.29, 1.82) is 0 Å². The molecule has 4 rings (SSSR count). The maximum Gasteiger partial charge on any atom is 0.519 e. The molecule has 2 saturated heterocycles. The lowest BCUT2D eigenvalue weighted by molar-refractivity contribution is -0.138. The molecule has 1 aliphatic carbocycles. The maximum atomic E-state index is 14.2. The first-order valence-electron chi connectivity index (χ1n) is 13.6. The summed E-state index contributed by atoms with van der Waals surface area (Å²) >= 11 is 0. The van der Waals surface area contributed by atoms with Crippen LogP contribution in [0.2, 0.25) is 0 Å². The molecular formula is C27H38F3N4O6+. The van der Waals surface area contributed by atoms with Crippen LogP contribution in [0.1, 0.15) is 54.9 Å². The Labute approximate surface area is 231 Å². The zero-order valence-corrected chi connectivity index (χ0v) is 22.8. The Morgan fingerprint density at radius 1 is 1.25 bits per heavy atom. The molecule has 1 unspecified atom stereocenters. The predicted molar refractivity (Wildman–Crippen MR) is 139 cm³/mol. The van der Waals surface area contributed by atoms with Crippen molar-refractivity contribution in [3.05, 3.63) is 29.3 Å². The van der Waals surface area contributed by atoms with Crippen LogP contribution in [0, 0.1) is 5.41 Å². The lowest BCUT2D eigenvalue weighted by atomic mass is 9.90. The molecule has 40 heavy (non-hydrogen) atoms. The molecule has 0 aromatic heterocycles. The number of carbonyl (C=O) groups is 3. The molecule has 1 aromatic rings. The molecule has 0 bridgehead atoms. The van der Waals surface area contributed by atoms with Gasteiger partial charge in [-0.15, -0.1) is 0 Å². The number of halogens is 3. The average Bonchev–Trinajstić information content (AvgIpc) is 3.68. The van der Waals surface area contributed by atoms with Gasteiger partial charge in [0.1, 0.15) is 18.2 Å². The molecule has 1 saturated carbocycles. The normalized spacial score (nSPS) is 27.9. The lowest BCUT2D eigenvalue weighted by Gasteiger charge is -2.40. The zero-order valence-electron chi connectivity index (χ0n) is 22.8. The van der Waals surface area contributed by atoms with E-state index < -0.39 is 58.1 Å². The zero-order chi connectivity index (χ0) is 29.5. The van der Waals surface area contributed by atoms with Crippen molar-refractivity contribution in [2.45, 2.75) is 63.4 Å². The van der Waals surface area contributed by atoms with Crippen LogP contribution in [-0.4, -0.2) is 103 Å². The quantitative estimate of drug-likeness (QED) is 0.409. The molecule has 3 aliphatic rings. The number of amides is 3. The number of aliphatic hydroxyl groups is 1. The Balaban J connectivity index is 1.60. The van der Waals surface area contributed by atoms with Gasteiger partial charge in [-0.2, -0.15) is 22.4 Å². The smallest absolute Gasteiger partial charge is 0.435 e. The molecular weight excluding hydrogens is 533 g/mol. The van der Waals surface area contributed by atoms with E-state index in [0.717, 1.165) is 37.9 Å². The third kappa shape index (κ3) is 5.69. The van der Waals surface area contributed by atoms with Crippen molar-refractivity contribution >= 4 is 23.6 Å². The standard InChI is InChI=1S/C27H37F3N4O6/c1-17-14-33(19(16-40-2)5-10-32-11-9-26(7-8-26)22(35)15-32)23(36)6-12-34(17,25(38)39)21-4-3-18(24(31)37)13-20(21)27(28,29)30/h3-4,13,17,19,22,35H,5-12,14-16H2,1-2H3,(H2-,31,37,38,39)/p+1/t17-,19+,22-,34?/m1/s1. The highest BCUT2D eigenvalue weighted by Gasteiger charge is 2.54. The molecule has 0 radical (unpaired) electrons. The number of rotatable bonds is 8. The van der Waals surface area contributed by atoms with E-state index in [4.69, 9.17) is 10.5 Å². The van der Waals surface area contributed by atoms with E-state index in [1.165, 1.54) is 18.9 Å². The highest BCUT2D eigenvalue weighted by molar-refractivity contribution is 5.94. The number of hydrogen-bond acceptors (Lipinski definition) is 6. The first-order chi connectivity index (χ1) is 18.7. The van der Waals surface area contributed by atoms with Gasteiger partial charge in [-0.25, -0.2) is 0 Å². The molecule has 13 heteroatoms. The van der Waals surface area contributed by atoms with Gasteiger partial charge in [0.05, 0.1) is 31.7 Å². The molecule has 1 spiro atoms. The van der Waals surface area contributed by atoms with Gasteiger partial charge in [-0.05, 0) is 56.7 Å². The van der Waals surface area contributed by atoms with E-state index in [2.05, 4.69) is 4.90 Å². The van der Waals surface area contributed by atoms with E-state index in [1.807, 2.05) is 0 Å². The fraction of sp³-hybridized carbons (Fsp3) is 0.667. The number of hydrogen-bond donors (Lipinski definition) is 3. The summed E-state index contributed by atoms with van der Waals surface area (Å²) in [4.78, 5) is 41.5. The SMILES string of the molecule is COC[C@H](CCN1CCC2(CC2)[C@H](O)C1)N1C[C@@H](C)[N+](C(=O)O)(c2ccc(C(N)=O)cc2C(F)(F)F)CCC1=O. The number of nitrogens with zero attached hydrogens (tertiary/aromatic N) is 3. The number of β-amino-alcohol motifs (C(OH)–C–C–N with tert-alkyl or cyclic N) is 1. The number of nitrogens with two attached hydrogens (primary N) is 1. The van der Waals surface area contributed by atoms with Gasteiger partial charge in [0.25, 0.3) is 0 Å². The first kappa shape index (κ1) is 30.2. The molecule has 4 atom stereocenters. The van der Waals surface area contributed by atoms with E-state index in [1.54, 1.807) is 0 Å². The number of benzene rings is 1. The minimum Gasteiger partial charge on any atom is -0.435 e. The summed E-state index contributed by atoms with van der Waals surface area (Å²) in [5.41, 5.74) is 3.04. The van der Waals surface area contributed by atoms with Crippen molar-refractivity contribution in [1.82, 2.24) is 14.3 Å². The fourth-order valence-electron chi connectivity index (χ4n) is 6.40. The number of methoxy groups -OCH3 is 1. The predicted octanol–water partition coefficient (Wildman–Crippen LogP) is 2.66. The summed E-state index contributed by atoms with van der Waals surface area (Å²) < 4.78 is 46.8. The third-order valence-electron chi connectivity index (χ3n) is 9.10. The minimum atomic E-state index is -4.96. The first-order valence-corrected chi connectivity index (χ1v) is 13.6. The number of quaternary nitrogens is 1. The van der Waals surface area contributed by atoms with Crippen molar-refractivity contribution in [3.8, 4) is 0 Å². The highest BCUT2D eigenvalue weighted by Crippen LogP contribution is 2.53. The van der Waals surface area contributed by atoms with Crippen LogP contribution < -0.4 is 10.2 Å². The molecule has 4 N–H and O–H groups in total. The molecule has 10 nitrogen and oxygen atoms in total. The molecule has 2 heterocycles. The number of aliphatic hydroxyl groups excluding tert-OH is 1. The fourth-order valence-corrected chi connectivity index (χ4v) is 6.40. The van der Waals surface area contributed by atoms with Crippen LogP contribution in [0.15, 0.2) is 18.2 Å². The second-order valence-corrected chi connectivity index (χ2v) is 11.4. The average molecular weight is 572 g/mol. The van der Waals surface area contributed by atoms with Gasteiger partial charge in [0.2, 0.25) is 11.8 Å². The Bertz CT molecular complexity index is 1140. The summed E-state index contributed by atoms with van der Waals surface area (Å²) in [6.07, 6.45) is -3.68. The number of likely N-dealkylation sites (tertiary alicyclic amines) is 1. The Morgan fingerprint density at radius 2 is 1.95 bits per heavy atom. The third-order valence-corrected chi connectivity index (χ3v) is 9.10. The van der Waals surface area contributed by atoms with Crippen LogP contribution >= 0.6 is 0 Å². The van der Waals surface area contributed by atoms with Crippen LogP contribution in [-0.2, 0) is 15.7 Å². The monoisotopic (exact) mass is 571 g/mol. The van der Waals surface area contributed by atoms with Crippen LogP contribution in [0.5, 0.6) is 0 Å².